The van der Waals surface area contributed by atoms with Crippen LogP contribution in [0.4, 0.5) is 0 Å². The van der Waals surface area contributed by atoms with Crippen molar-refractivity contribution in [3.63, 3.8) is 0 Å². The lowest BCUT2D eigenvalue weighted by atomic mass is 10.0. The summed E-state index contributed by atoms with van der Waals surface area (Å²) in [4.78, 5) is 15.1. The molecular weight excluding hydrogens is 352 g/mol. The predicted octanol–water partition coefficient (Wildman–Crippen LogP) is 4.35. The third-order valence-electron chi connectivity index (χ3n) is 4.81. The summed E-state index contributed by atoms with van der Waals surface area (Å²) in [5.41, 5.74) is 1.96. The maximum absolute atomic E-state index is 13.1. The van der Waals surface area contributed by atoms with E-state index in [4.69, 9.17) is 9.47 Å². The van der Waals surface area contributed by atoms with E-state index in [1.165, 1.54) is 0 Å². The zero-order valence-electron chi connectivity index (χ0n) is 17.6. The lowest BCUT2D eigenvalue weighted by molar-refractivity contribution is -0.126. The number of nitrogens with one attached hydrogen (secondary N) is 1. The largest absolute Gasteiger partial charge is 0.493 e. The first-order valence-corrected chi connectivity index (χ1v) is 9.88. The minimum absolute atomic E-state index is 0.0201. The van der Waals surface area contributed by atoms with E-state index in [-0.39, 0.29) is 18.0 Å². The second-order valence-corrected chi connectivity index (χ2v) is 6.88. The Bertz CT molecular complexity index is 749. The molecule has 0 aromatic heterocycles. The minimum Gasteiger partial charge on any atom is -0.493 e. The van der Waals surface area contributed by atoms with Crippen molar-refractivity contribution >= 4 is 5.91 Å². The van der Waals surface area contributed by atoms with E-state index in [1.807, 2.05) is 74.3 Å². The average Bonchev–Trinajstić information content (AvgIpc) is 2.72. The van der Waals surface area contributed by atoms with E-state index < -0.39 is 0 Å². The van der Waals surface area contributed by atoms with Gasteiger partial charge in [0.05, 0.1) is 19.8 Å². The molecule has 1 N–H and O–H groups in total. The summed E-state index contributed by atoms with van der Waals surface area (Å²) in [7, 11) is 3.59. The van der Waals surface area contributed by atoms with Crippen LogP contribution in [-0.4, -0.2) is 38.1 Å². The highest BCUT2D eigenvalue weighted by molar-refractivity contribution is 5.83. The van der Waals surface area contributed by atoms with E-state index in [0.717, 1.165) is 29.8 Å². The molecule has 2 aromatic carbocycles. The molecule has 5 heteroatoms. The van der Waals surface area contributed by atoms with Crippen molar-refractivity contribution in [2.75, 3.05) is 27.3 Å². The molecule has 0 heterocycles. The molecule has 0 fully saturated rings. The summed E-state index contributed by atoms with van der Waals surface area (Å²) < 4.78 is 11.2. The highest BCUT2D eigenvalue weighted by Crippen LogP contribution is 2.31. The second-order valence-electron chi connectivity index (χ2n) is 6.88. The monoisotopic (exact) mass is 384 g/mol. The zero-order valence-corrected chi connectivity index (χ0v) is 17.6. The molecule has 0 saturated carbocycles. The number of nitrogens with zero attached hydrogens (tertiary/aromatic N) is 1. The third-order valence-corrected chi connectivity index (χ3v) is 4.81. The van der Waals surface area contributed by atoms with Crippen molar-refractivity contribution in [3.8, 4) is 11.5 Å². The third kappa shape index (κ3) is 5.49. The topological polar surface area (TPSA) is 50.8 Å². The Balaban J connectivity index is 2.17. The molecule has 2 atom stereocenters. The Hall–Kier alpha value is -2.53. The van der Waals surface area contributed by atoms with Crippen LogP contribution in [0.3, 0.4) is 0 Å². The molecule has 0 aliphatic carbocycles. The van der Waals surface area contributed by atoms with Gasteiger partial charge in [0, 0.05) is 0 Å². The van der Waals surface area contributed by atoms with Gasteiger partial charge in [-0.25, -0.2) is 0 Å². The van der Waals surface area contributed by atoms with Crippen LogP contribution < -0.4 is 14.8 Å². The number of carbonyl (C=O) groups excluding carboxylic acids is 1. The molecule has 152 valence electrons. The molecule has 0 radical (unpaired) electrons. The van der Waals surface area contributed by atoms with Crippen LogP contribution in [0.15, 0.2) is 48.5 Å². The standard InChI is InChI=1S/C23H32N2O3/c1-6-15-28-20-14-13-19(16-21(20)27-5)17(3)24-23(26)22(25(4)7-2)18-11-9-8-10-12-18/h8-14,16-17,22H,6-7,15H2,1-5H3,(H,24,26). The van der Waals surface area contributed by atoms with Gasteiger partial charge in [0.15, 0.2) is 11.5 Å². The van der Waals surface area contributed by atoms with Gasteiger partial charge in [-0.05, 0) is 50.2 Å². The number of likely N-dealkylation sites (N-methyl/N-ethyl adjacent to an activating group) is 1. The van der Waals surface area contributed by atoms with Crippen LogP contribution in [0.1, 0.15) is 50.4 Å². The van der Waals surface area contributed by atoms with Crippen LogP contribution in [0.25, 0.3) is 0 Å². The summed E-state index contributed by atoms with van der Waals surface area (Å²) in [6, 6.07) is 15.2. The van der Waals surface area contributed by atoms with E-state index in [2.05, 4.69) is 12.2 Å². The van der Waals surface area contributed by atoms with Crippen LogP contribution in [0, 0.1) is 0 Å². The average molecular weight is 385 g/mol. The fourth-order valence-corrected chi connectivity index (χ4v) is 3.08. The second kappa shape index (κ2) is 10.7. The van der Waals surface area contributed by atoms with Gasteiger partial charge in [0.1, 0.15) is 6.04 Å². The fraction of sp³-hybridized carbons (Fsp3) is 0.435. The molecule has 0 saturated heterocycles. The smallest absolute Gasteiger partial charge is 0.242 e. The van der Waals surface area contributed by atoms with Gasteiger partial charge in [-0.1, -0.05) is 50.2 Å². The molecular formula is C23H32N2O3. The van der Waals surface area contributed by atoms with E-state index in [9.17, 15) is 4.79 Å². The number of rotatable bonds is 10. The maximum Gasteiger partial charge on any atom is 0.242 e. The maximum atomic E-state index is 13.1. The highest BCUT2D eigenvalue weighted by Gasteiger charge is 2.25. The van der Waals surface area contributed by atoms with E-state index >= 15 is 0 Å². The van der Waals surface area contributed by atoms with Crippen LogP contribution in [-0.2, 0) is 4.79 Å². The minimum atomic E-state index is -0.331. The number of ether oxygens (including phenoxy) is 2. The fourth-order valence-electron chi connectivity index (χ4n) is 3.08. The molecule has 0 spiro atoms. The molecule has 2 unspecified atom stereocenters. The lowest BCUT2D eigenvalue weighted by Gasteiger charge is -2.28. The highest BCUT2D eigenvalue weighted by atomic mass is 16.5. The van der Waals surface area contributed by atoms with Gasteiger partial charge < -0.3 is 14.8 Å². The number of methoxy groups -OCH3 is 1. The molecule has 5 nitrogen and oxygen atoms in total. The van der Waals surface area contributed by atoms with Crippen molar-refractivity contribution in [2.45, 2.75) is 39.3 Å². The van der Waals surface area contributed by atoms with Crippen molar-refractivity contribution < 1.29 is 14.3 Å². The predicted molar refractivity (Wildman–Crippen MR) is 113 cm³/mol. The summed E-state index contributed by atoms with van der Waals surface area (Å²) in [5, 5.41) is 3.15. The number of hydrogen-bond acceptors (Lipinski definition) is 4. The quantitative estimate of drug-likeness (QED) is 0.661. The van der Waals surface area contributed by atoms with Gasteiger partial charge in [0.25, 0.3) is 0 Å². The van der Waals surface area contributed by atoms with Crippen LogP contribution >= 0.6 is 0 Å². The molecule has 2 rings (SSSR count). The first-order chi connectivity index (χ1) is 13.5. The first-order valence-electron chi connectivity index (χ1n) is 9.88. The number of amides is 1. The zero-order chi connectivity index (χ0) is 20.5. The number of carbonyl (C=O) groups is 1. The van der Waals surface area contributed by atoms with Gasteiger partial charge in [-0.2, -0.15) is 0 Å². The molecule has 1 amide bonds. The van der Waals surface area contributed by atoms with Crippen molar-refractivity contribution in [1.29, 1.82) is 0 Å². The van der Waals surface area contributed by atoms with Gasteiger partial charge in [0.2, 0.25) is 5.91 Å². The van der Waals surface area contributed by atoms with Crippen LogP contribution in [0.2, 0.25) is 0 Å². The van der Waals surface area contributed by atoms with Gasteiger partial charge in [-0.3, -0.25) is 9.69 Å². The van der Waals surface area contributed by atoms with Gasteiger partial charge >= 0.3 is 0 Å². The Morgan fingerprint density at radius 2 is 1.79 bits per heavy atom. The Kier molecular flexibility index (Phi) is 8.33. The summed E-state index contributed by atoms with van der Waals surface area (Å²) in [6.45, 7) is 7.51. The van der Waals surface area contributed by atoms with E-state index in [0.29, 0.717) is 12.4 Å². The van der Waals surface area contributed by atoms with Crippen LogP contribution in [0.5, 0.6) is 11.5 Å². The SMILES string of the molecule is CCCOc1ccc(C(C)NC(=O)C(c2ccccc2)N(C)CC)cc1OC. The number of hydrogen-bond donors (Lipinski definition) is 1. The summed E-state index contributed by atoms with van der Waals surface area (Å²) >= 11 is 0. The Labute approximate surface area is 168 Å². The van der Waals surface area contributed by atoms with Crippen molar-refractivity contribution in [1.82, 2.24) is 10.2 Å². The Morgan fingerprint density at radius 3 is 2.39 bits per heavy atom. The van der Waals surface area contributed by atoms with Crippen molar-refractivity contribution in [2.24, 2.45) is 0 Å². The normalized spacial score (nSPS) is 13.1. The summed E-state index contributed by atoms with van der Waals surface area (Å²) in [6.07, 6.45) is 0.934. The molecule has 0 aliphatic heterocycles. The molecule has 28 heavy (non-hydrogen) atoms. The summed E-state index contributed by atoms with van der Waals surface area (Å²) in [5.74, 6) is 1.38. The first kappa shape index (κ1) is 21.8. The molecule has 0 bridgehead atoms. The van der Waals surface area contributed by atoms with Crippen molar-refractivity contribution in [3.05, 3.63) is 59.7 Å². The number of benzene rings is 2. The molecule has 2 aromatic rings. The Morgan fingerprint density at radius 1 is 1.07 bits per heavy atom. The van der Waals surface area contributed by atoms with Gasteiger partial charge in [-0.15, -0.1) is 0 Å². The molecule has 0 aliphatic rings. The lowest BCUT2D eigenvalue weighted by Crippen LogP contribution is -2.39. The van der Waals surface area contributed by atoms with E-state index in [1.54, 1.807) is 7.11 Å².